The summed E-state index contributed by atoms with van der Waals surface area (Å²) in [6.45, 7) is 1.42. The minimum absolute atomic E-state index is 0.0346. The zero-order chi connectivity index (χ0) is 12.7. The molecule has 17 heavy (non-hydrogen) atoms. The zero-order valence-electron chi connectivity index (χ0n) is 9.73. The SMILES string of the molecule is COC(=O)CCNC(=O)CCN1CCSC1=O. The highest BCUT2D eigenvalue weighted by Crippen LogP contribution is 2.16. The Morgan fingerprint density at radius 2 is 2.24 bits per heavy atom. The lowest BCUT2D eigenvalue weighted by Crippen LogP contribution is -2.32. The molecule has 7 heteroatoms. The Kier molecular flexibility index (Phi) is 5.82. The van der Waals surface area contributed by atoms with Crippen molar-refractivity contribution in [2.45, 2.75) is 12.8 Å². The molecule has 2 amide bonds. The Morgan fingerprint density at radius 3 is 2.82 bits per heavy atom. The van der Waals surface area contributed by atoms with Gasteiger partial charge in [-0.2, -0.15) is 0 Å². The second-order valence-corrected chi connectivity index (χ2v) is 4.57. The van der Waals surface area contributed by atoms with Crippen LogP contribution in [-0.4, -0.2) is 54.5 Å². The van der Waals surface area contributed by atoms with E-state index in [0.717, 1.165) is 5.75 Å². The molecule has 1 saturated heterocycles. The molecule has 0 spiro atoms. The second kappa shape index (κ2) is 7.16. The second-order valence-electron chi connectivity index (χ2n) is 3.53. The predicted octanol–water partition coefficient (Wildman–Crippen LogP) is 0.225. The van der Waals surface area contributed by atoms with Gasteiger partial charge < -0.3 is 15.0 Å². The first kappa shape index (κ1) is 13.8. The molecular formula is C10H16N2O4S. The number of carbonyl (C=O) groups excluding carboxylic acids is 3. The fraction of sp³-hybridized carbons (Fsp3) is 0.700. The van der Waals surface area contributed by atoms with Crippen molar-refractivity contribution in [3.05, 3.63) is 0 Å². The van der Waals surface area contributed by atoms with Gasteiger partial charge in [0.2, 0.25) is 5.91 Å². The minimum atomic E-state index is -0.351. The van der Waals surface area contributed by atoms with Gasteiger partial charge >= 0.3 is 5.97 Å². The Labute approximate surface area is 104 Å². The van der Waals surface area contributed by atoms with E-state index in [2.05, 4.69) is 10.1 Å². The molecule has 0 aromatic carbocycles. The van der Waals surface area contributed by atoms with E-state index < -0.39 is 0 Å². The van der Waals surface area contributed by atoms with E-state index in [4.69, 9.17) is 0 Å². The third-order valence-electron chi connectivity index (χ3n) is 2.33. The van der Waals surface area contributed by atoms with E-state index >= 15 is 0 Å². The van der Waals surface area contributed by atoms with Gasteiger partial charge in [0.25, 0.3) is 5.24 Å². The molecule has 0 aromatic rings. The normalized spacial score (nSPS) is 14.9. The number of thioether (sulfide) groups is 1. The molecule has 6 nitrogen and oxygen atoms in total. The Balaban J connectivity index is 2.09. The first-order valence-corrected chi connectivity index (χ1v) is 6.37. The van der Waals surface area contributed by atoms with Gasteiger partial charge in [0.15, 0.2) is 0 Å². The molecule has 1 rings (SSSR count). The third kappa shape index (κ3) is 5.08. The van der Waals surface area contributed by atoms with Crippen molar-refractivity contribution < 1.29 is 19.1 Å². The van der Waals surface area contributed by atoms with Crippen LogP contribution in [-0.2, 0) is 14.3 Å². The molecule has 0 aliphatic carbocycles. The number of hydrogen-bond acceptors (Lipinski definition) is 5. The first-order chi connectivity index (χ1) is 8.13. The number of nitrogens with zero attached hydrogens (tertiary/aromatic N) is 1. The van der Waals surface area contributed by atoms with E-state index in [1.807, 2.05) is 0 Å². The lowest BCUT2D eigenvalue weighted by molar-refractivity contribution is -0.140. The van der Waals surface area contributed by atoms with Crippen molar-refractivity contribution in [3.8, 4) is 0 Å². The number of nitrogens with one attached hydrogen (secondary N) is 1. The van der Waals surface area contributed by atoms with Crippen molar-refractivity contribution in [1.82, 2.24) is 10.2 Å². The van der Waals surface area contributed by atoms with Crippen LogP contribution in [0.3, 0.4) is 0 Å². The number of methoxy groups -OCH3 is 1. The van der Waals surface area contributed by atoms with Gasteiger partial charge in [-0.1, -0.05) is 11.8 Å². The first-order valence-electron chi connectivity index (χ1n) is 5.38. The summed E-state index contributed by atoms with van der Waals surface area (Å²) in [7, 11) is 1.31. The minimum Gasteiger partial charge on any atom is -0.469 e. The van der Waals surface area contributed by atoms with Gasteiger partial charge in [-0.25, -0.2) is 0 Å². The average Bonchev–Trinajstić information content (AvgIpc) is 2.72. The highest BCUT2D eigenvalue weighted by molar-refractivity contribution is 8.13. The summed E-state index contributed by atoms with van der Waals surface area (Å²) < 4.78 is 4.44. The predicted molar refractivity (Wildman–Crippen MR) is 63.7 cm³/mol. The summed E-state index contributed by atoms with van der Waals surface area (Å²) in [6.07, 6.45) is 0.439. The zero-order valence-corrected chi connectivity index (χ0v) is 10.5. The number of esters is 1. The highest BCUT2D eigenvalue weighted by atomic mass is 32.2. The maximum atomic E-state index is 11.4. The molecule has 1 aliphatic heterocycles. The maximum Gasteiger partial charge on any atom is 0.307 e. The van der Waals surface area contributed by atoms with Crippen LogP contribution < -0.4 is 5.32 Å². The molecule has 0 unspecified atom stereocenters. The van der Waals surface area contributed by atoms with Gasteiger partial charge in [-0.15, -0.1) is 0 Å². The number of rotatable bonds is 6. The molecule has 0 bridgehead atoms. The van der Waals surface area contributed by atoms with Gasteiger partial charge in [-0.3, -0.25) is 14.4 Å². The van der Waals surface area contributed by atoms with Crippen molar-refractivity contribution >= 4 is 28.9 Å². The summed E-state index contributed by atoms with van der Waals surface area (Å²) in [5, 5.41) is 2.64. The largest absolute Gasteiger partial charge is 0.469 e. The maximum absolute atomic E-state index is 11.4. The lowest BCUT2D eigenvalue weighted by atomic mass is 10.3. The molecule has 1 fully saturated rings. The van der Waals surface area contributed by atoms with Crippen LogP contribution in [0.4, 0.5) is 4.79 Å². The fourth-order valence-corrected chi connectivity index (χ4v) is 2.21. The fourth-order valence-electron chi connectivity index (χ4n) is 1.36. The van der Waals surface area contributed by atoms with Crippen LogP contribution in [0.1, 0.15) is 12.8 Å². The molecule has 1 heterocycles. The van der Waals surface area contributed by atoms with Gasteiger partial charge in [-0.05, 0) is 0 Å². The van der Waals surface area contributed by atoms with Crippen molar-refractivity contribution in [3.63, 3.8) is 0 Å². The topological polar surface area (TPSA) is 75.7 Å². The van der Waals surface area contributed by atoms with Gasteiger partial charge in [0, 0.05) is 31.8 Å². The van der Waals surface area contributed by atoms with Crippen LogP contribution in [0.15, 0.2) is 0 Å². The quantitative estimate of drug-likeness (QED) is 0.692. The standard InChI is InChI=1S/C10H16N2O4S/c1-16-9(14)2-4-11-8(13)3-5-12-6-7-17-10(12)15/h2-7H2,1H3,(H,11,13). The van der Waals surface area contributed by atoms with Crippen LogP contribution in [0.2, 0.25) is 0 Å². The lowest BCUT2D eigenvalue weighted by Gasteiger charge is -2.13. The van der Waals surface area contributed by atoms with Crippen LogP contribution in [0, 0.1) is 0 Å². The molecule has 0 atom stereocenters. The molecule has 0 saturated carbocycles. The molecule has 0 radical (unpaired) electrons. The molecular weight excluding hydrogens is 244 g/mol. The van der Waals surface area contributed by atoms with E-state index in [-0.39, 0.29) is 36.5 Å². The van der Waals surface area contributed by atoms with Gasteiger partial charge in [0.05, 0.1) is 13.5 Å². The van der Waals surface area contributed by atoms with Crippen molar-refractivity contribution in [1.29, 1.82) is 0 Å². The monoisotopic (exact) mass is 260 g/mol. The molecule has 0 aromatic heterocycles. The molecule has 96 valence electrons. The Bertz CT molecular complexity index is 309. The van der Waals surface area contributed by atoms with Crippen LogP contribution in [0.25, 0.3) is 0 Å². The summed E-state index contributed by atoms with van der Waals surface area (Å²) in [6, 6.07) is 0. The summed E-state index contributed by atoms with van der Waals surface area (Å²) >= 11 is 1.28. The highest BCUT2D eigenvalue weighted by Gasteiger charge is 2.21. The Morgan fingerprint density at radius 1 is 1.47 bits per heavy atom. The van der Waals surface area contributed by atoms with E-state index in [1.54, 1.807) is 4.90 Å². The van der Waals surface area contributed by atoms with Gasteiger partial charge in [0.1, 0.15) is 0 Å². The van der Waals surface area contributed by atoms with Crippen molar-refractivity contribution in [2.24, 2.45) is 0 Å². The van der Waals surface area contributed by atoms with E-state index in [9.17, 15) is 14.4 Å². The smallest absolute Gasteiger partial charge is 0.307 e. The number of hydrogen-bond donors (Lipinski definition) is 1. The summed E-state index contributed by atoms with van der Waals surface area (Å²) in [5.41, 5.74) is 0. The third-order valence-corrected chi connectivity index (χ3v) is 3.22. The number of carbonyl (C=O) groups is 3. The van der Waals surface area contributed by atoms with E-state index in [1.165, 1.54) is 18.9 Å². The number of amides is 2. The number of ether oxygens (including phenoxy) is 1. The van der Waals surface area contributed by atoms with Crippen LogP contribution in [0.5, 0.6) is 0 Å². The Hall–Kier alpha value is -1.24. The van der Waals surface area contributed by atoms with E-state index in [0.29, 0.717) is 13.1 Å². The van der Waals surface area contributed by atoms with Crippen LogP contribution >= 0.6 is 11.8 Å². The summed E-state index contributed by atoms with van der Waals surface area (Å²) in [4.78, 5) is 35.0. The van der Waals surface area contributed by atoms with Crippen molar-refractivity contribution in [2.75, 3.05) is 32.5 Å². The molecule has 1 N–H and O–H groups in total. The average molecular weight is 260 g/mol. The summed E-state index contributed by atoms with van der Waals surface area (Å²) in [5.74, 6) is 0.290. The molecule has 1 aliphatic rings.